The second-order valence-corrected chi connectivity index (χ2v) is 4.77. The number of carbonyl (C=O) groups is 2. The highest BCUT2D eigenvalue weighted by molar-refractivity contribution is 8.13. The van der Waals surface area contributed by atoms with Crippen molar-refractivity contribution in [1.29, 1.82) is 0 Å². The topological polar surface area (TPSA) is 107 Å². The standard InChI is InChI=1S/C10H10N2O6S/c1-12(9(13)14,19-10(15)18-2)8-5-3-7(4-6-8)11(16)17/h3-6H,1-2H3/p+1. The molecule has 0 saturated heterocycles. The Kier molecular flexibility index (Phi) is 4.46. The van der Waals surface area contributed by atoms with Crippen LogP contribution in [-0.2, 0) is 4.74 Å². The van der Waals surface area contributed by atoms with Crippen molar-refractivity contribution < 1.29 is 24.4 Å². The summed E-state index contributed by atoms with van der Waals surface area (Å²) in [5, 5.41) is 19.0. The summed E-state index contributed by atoms with van der Waals surface area (Å²) in [5.74, 6) is 0. The zero-order valence-corrected chi connectivity index (χ0v) is 10.9. The Balaban J connectivity index is 3.15. The molecule has 9 heteroatoms. The highest BCUT2D eigenvalue weighted by Crippen LogP contribution is 2.32. The Morgan fingerprint density at radius 1 is 1.37 bits per heavy atom. The maximum atomic E-state index is 11.3. The predicted molar refractivity (Wildman–Crippen MR) is 68.8 cm³/mol. The van der Waals surface area contributed by atoms with Crippen molar-refractivity contribution in [3.05, 3.63) is 34.4 Å². The van der Waals surface area contributed by atoms with Gasteiger partial charge in [0, 0.05) is 24.3 Å². The molecule has 19 heavy (non-hydrogen) atoms. The van der Waals surface area contributed by atoms with Gasteiger partial charge in [0.1, 0.15) is 0 Å². The van der Waals surface area contributed by atoms with E-state index in [4.69, 9.17) is 0 Å². The summed E-state index contributed by atoms with van der Waals surface area (Å²) in [4.78, 5) is 32.5. The van der Waals surface area contributed by atoms with Crippen LogP contribution in [0.5, 0.6) is 0 Å². The van der Waals surface area contributed by atoms with E-state index in [0.29, 0.717) is 11.9 Å². The second-order valence-electron chi connectivity index (χ2n) is 3.53. The number of carbonyl (C=O) groups excluding carboxylic acids is 1. The average molecular weight is 287 g/mol. The third kappa shape index (κ3) is 3.20. The molecule has 0 fully saturated rings. The van der Waals surface area contributed by atoms with Gasteiger partial charge in [-0.1, -0.05) is 0 Å². The summed E-state index contributed by atoms with van der Waals surface area (Å²) < 4.78 is 3.59. The van der Waals surface area contributed by atoms with E-state index in [1.165, 1.54) is 31.3 Å². The third-order valence-electron chi connectivity index (χ3n) is 2.34. The third-order valence-corrected chi connectivity index (χ3v) is 3.39. The fourth-order valence-corrected chi connectivity index (χ4v) is 1.93. The first-order chi connectivity index (χ1) is 8.81. The van der Waals surface area contributed by atoms with Crippen LogP contribution in [0.25, 0.3) is 0 Å². The molecule has 102 valence electrons. The number of non-ortho nitro benzene ring substituents is 1. The van der Waals surface area contributed by atoms with E-state index in [-0.39, 0.29) is 11.4 Å². The minimum atomic E-state index is -1.30. The molecule has 1 aromatic carbocycles. The van der Waals surface area contributed by atoms with Gasteiger partial charge >= 0.3 is 11.4 Å². The number of ether oxygens (including phenoxy) is 1. The van der Waals surface area contributed by atoms with E-state index in [0.717, 1.165) is 7.11 Å². The van der Waals surface area contributed by atoms with Crippen molar-refractivity contribution >= 4 is 34.7 Å². The molecule has 1 rings (SSSR count). The molecule has 1 amide bonds. The largest absolute Gasteiger partial charge is 0.531 e. The molecule has 0 bridgehead atoms. The van der Waals surface area contributed by atoms with Crippen LogP contribution in [0.2, 0.25) is 0 Å². The van der Waals surface area contributed by atoms with Crippen LogP contribution in [-0.4, -0.2) is 35.6 Å². The number of quaternary nitrogens is 1. The first-order valence-electron chi connectivity index (χ1n) is 4.94. The van der Waals surface area contributed by atoms with Gasteiger partial charge in [-0.2, -0.15) is 4.79 Å². The lowest BCUT2D eigenvalue weighted by molar-refractivity contribution is -0.384. The number of rotatable bonds is 2. The van der Waals surface area contributed by atoms with Crippen LogP contribution < -0.4 is 3.89 Å². The lowest BCUT2D eigenvalue weighted by atomic mass is 10.3. The lowest BCUT2D eigenvalue weighted by Crippen LogP contribution is -2.43. The maximum absolute atomic E-state index is 11.3. The van der Waals surface area contributed by atoms with E-state index in [1.807, 2.05) is 0 Å². The molecular weight excluding hydrogens is 276 g/mol. The SMILES string of the molecule is COC(=O)S[N+](C)(C(=O)O)c1ccc([N+](=O)[O-])cc1. The molecule has 1 unspecified atom stereocenters. The van der Waals surface area contributed by atoms with Crippen LogP contribution in [0, 0.1) is 10.1 Å². The van der Waals surface area contributed by atoms with E-state index in [1.54, 1.807) is 0 Å². The summed E-state index contributed by atoms with van der Waals surface area (Å²) >= 11 is 0.429. The van der Waals surface area contributed by atoms with Gasteiger partial charge in [-0.25, -0.2) is 4.79 Å². The molecule has 0 spiro atoms. The molecule has 0 aliphatic heterocycles. The smallest absolute Gasteiger partial charge is 0.457 e. The van der Waals surface area contributed by atoms with Crippen LogP contribution in [0.4, 0.5) is 21.0 Å². The number of methoxy groups -OCH3 is 1. The fourth-order valence-electron chi connectivity index (χ4n) is 1.25. The molecule has 0 aliphatic rings. The maximum Gasteiger partial charge on any atom is 0.531 e. The summed E-state index contributed by atoms with van der Waals surface area (Å²) in [6.07, 6.45) is -1.30. The van der Waals surface area contributed by atoms with Gasteiger partial charge in [-0.05, 0) is 0 Å². The monoisotopic (exact) mass is 287 g/mol. The zero-order valence-electron chi connectivity index (χ0n) is 10.1. The molecule has 0 aliphatic carbocycles. The van der Waals surface area contributed by atoms with E-state index in [2.05, 4.69) is 4.74 Å². The van der Waals surface area contributed by atoms with Gasteiger partial charge in [0.2, 0.25) is 11.9 Å². The van der Waals surface area contributed by atoms with Crippen LogP contribution in [0.3, 0.4) is 0 Å². The van der Waals surface area contributed by atoms with Crippen molar-refractivity contribution in [2.24, 2.45) is 0 Å². The van der Waals surface area contributed by atoms with Gasteiger partial charge < -0.3 is 9.84 Å². The van der Waals surface area contributed by atoms with E-state index >= 15 is 0 Å². The summed E-state index contributed by atoms with van der Waals surface area (Å²) in [6.45, 7) is 0. The number of carboxylic acid groups (broad SMARTS) is 1. The minimum absolute atomic E-state index is 0.163. The van der Waals surface area contributed by atoms with Gasteiger partial charge in [-0.3, -0.25) is 10.1 Å². The van der Waals surface area contributed by atoms with Crippen LogP contribution >= 0.6 is 11.9 Å². The first kappa shape index (κ1) is 14.9. The molecule has 1 aromatic rings. The van der Waals surface area contributed by atoms with Gasteiger partial charge in [0.05, 0.1) is 19.1 Å². The number of nitrogens with zero attached hydrogens (tertiary/aromatic N) is 2. The van der Waals surface area contributed by atoms with Crippen molar-refractivity contribution in [3.63, 3.8) is 0 Å². The van der Waals surface area contributed by atoms with Crippen LogP contribution in [0.1, 0.15) is 0 Å². The number of nitro benzene ring substituents is 1. The molecule has 0 radical (unpaired) electrons. The Bertz CT molecular complexity index is 517. The summed E-state index contributed by atoms with van der Waals surface area (Å²) in [7, 11) is 2.41. The molecule has 0 saturated carbocycles. The highest BCUT2D eigenvalue weighted by Gasteiger charge is 2.41. The number of amides is 1. The first-order valence-corrected chi connectivity index (χ1v) is 5.71. The van der Waals surface area contributed by atoms with Crippen molar-refractivity contribution in [1.82, 2.24) is 3.89 Å². The Morgan fingerprint density at radius 3 is 2.26 bits per heavy atom. The summed E-state index contributed by atoms with van der Waals surface area (Å²) in [5.41, 5.74) is 0.0391. The average Bonchev–Trinajstić information content (AvgIpc) is 2.38. The van der Waals surface area contributed by atoms with Gasteiger partial charge in [-0.15, -0.1) is 3.89 Å². The molecular formula is C10H11N2O6S+. The minimum Gasteiger partial charge on any atom is -0.457 e. The Labute approximate surface area is 112 Å². The van der Waals surface area contributed by atoms with E-state index < -0.39 is 20.2 Å². The molecule has 1 N–H and O–H groups in total. The van der Waals surface area contributed by atoms with Crippen molar-refractivity contribution in [2.45, 2.75) is 0 Å². The number of hydrogen-bond acceptors (Lipinski definition) is 6. The number of benzene rings is 1. The quantitative estimate of drug-likeness (QED) is 0.293. The Morgan fingerprint density at radius 2 is 1.89 bits per heavy atom. The van der Waals surface area contributed by atoms with E-state index in [9.17, 15) is 24.8 Å². The predicted octanol–water partition coefficient (Wildman–Crippen LogP) is 2.62. The number of nitro groups is 1. The number of hydrogen-bond donors (Lipinski definition) is 1. The summed E-state index contributed by atoms with van der Waals surface area (Å²) in [6, 6.07) is 4.91. The van der Waals surface area contributed by atoms with Gasteiger partial charge in [0.25, 0.3) is 5.69 Å². The van der Waals surface area contributed by atoms with Crippen molar-refractivity contribution in [2.75, 3.05) is 14.2 Å². The normalized spacial score (nSPS) is 13.4. The second kappa shape index (κ2) is 5.67. The fraction of sp³-hybridized carbons (Fsp3) is 0.200. The highest BCUT2D eigenvalue weighted by atomic mass is 32.2. The Hall–Kier alpha value is -2.13. The van der Waals surface area contributed by atoms with Crippen LogP contribution in [0.15, 0.2) is 24.3 Å². The zero-order chi connectivity index (χ0) is 14.6. The molecule has 1 atom stereocenters. The molecule has 0 aromatic heterocycles. The lowest BCUT2D eigenvalue weighted by Gasteiger charge is -2.22. The van der Waals surface area contributed by atoms with Crippen molar-refractivity contribution in [3.8, 4) is 0 Å². The molecule has 0 heterocycles. The molecule has 8 nitrogen and oxygen atoms in total. The van der Waals surface area contributed by atoms with Gasteiger partial charge in [0.15, 0.2) is 5.69 Å².